The monoisotopic (exact) mass is 255 g/mol. The fraction of sp³-hybridized carbons (Fsp3) is 0.833. The molecule has 1 unspecified atom stereocenters. The van der Waals surface area contributed by atoms with Crippen molar-refractivity contribution in [2.45, 2.75) is 25.8 Å². The summed E-state index contributed by atoms with van der Waals surface area (Å²) in [6, 6.07) is -0.613. The Kier molecular flexibility index (Phi) is 3.87. The molecule has 2 amide bonds. The molecular weight excluding hydrogens is 234 g/mol. The summed E-state index contributed by atoms with van der Waals surface area (Å²) in [6.45, 7) is 4.81. The molecule has 0 aromatic carbocycles. The SMILES string of the molecule is CC1(C(=O)N2CCOCC2C(N)=O)CCNCC1. The number of nitrogens with two attached hydrogens (primary N) is 1. The molecule has 0 spiro atoms. The van der Waals surface area contributed by atoms with Gasteiger partial charge in [-0.25, -0.2) is 0 Å². The van der Waals surface area contributed by atoms with E-state index in [1.807, 2.05) is 6.92 Å². The predicted octanol–water partition coefficient (Wildman–Crippen LogP) is -0.911. The van der Waals surface area contributed by atoms with Gasteiger partial charge in [-0.2, -0.15) is 0 Å². The van der Waals surface area contributed by atoms with E-state index in [9.17, 15) is 9.59 Å². The fourth-order valence-electron chi connectivity index (χ4n) is 2.62. The lowest BCUT2D eigenvalue weighted by Gasteiger charge is -2.41. The van der Waals surface area contributed by atoms with Gasteiger partial charge in [0.25, 0.3) is 0 Å². The summed E-state index contributed by atoms with van der Waals surface area (Å²) in [5.74, 6) is -0.448. The molecule has 0 saturated carbocycles. The minimum absolute atomic E-state index is 0.0381. The van der Waals surface area contributed by atoms with Gasteiger partial charge in [0.15, 0.2) is 0 Å². The fourth-order valence-corrected chi connectivity index (χ4v) is 2.62. The molecule has 0 aliphatic carbocycles. The third-order valence-electron chi connectivity index (χ3n) is 3.94. The lowest BCUT2D eigenvalue weighted by atomic mass is 9.79. The molecule has 2 rings (SSSR count). The molecule has 102 valence electrons. The number of primary amides is 1. The van der Waals surface area contributed by atoms with Gasteiger partial charge in [0.05, 0.1) is 13.2 Å². The topological polar surface area (TPSA) is 84.7 Å². The number of piperidine rings is 1. The van der Waals surface area contributed by atoms with Crippen molar-refractivity contribution in [3.8, 4) is 0 Å². The van der Waals surface area contributed by atoms with Crippen LogP contribution in [0.25, 0.3) is 0 Å². The van der Waals surface area contributed by atoms with E-state index in [2.05, 4.69) is 5.32 Å². The third kappa shape index (κ3) is 2.49. The zero-order chi connectivity index (χ0) is 13.2. The first-order valence-electron chi connectivity index (χ1n) is 6.43. The van der Waals surface area contributed by atoms with Gasteiger partial charge in [-0.15, -0.1) is 0 Å². The van der Waals surface area contributed by atoms with Crippen molar-refractivity contribution in [3.63, 3.8) is 0 Å². The van der Waals surface area contributed by atoms with Crippen LogP contribution in [0.3, 0.4) is 0 Å². The average Bonchev–Trinajstić information content (AvgIpc) is 2.38. The summed E-state index contributed by atoms with van der Waals surface area (Å²) in [6.07, 6.45) is 1.60. The van der Waals surface area contributed by atoms with Crippen LogP contribution < -0.4 is 11.1 Å². The van der Waals surface area contributed by atoms with Crippen LogP contribution in [0.2, 0.25) is 0 Å². The number of hydrogen-bond donors (Lipinski definition) is 2. The summed E-state index contributed by atoms with van der Waals surface area (Å²) in [4.78, 5) is 25.6. The van der Waals surface area contributed by atoms with E-state index in [1.165, 1.54) is 0 Å². The van der Waals surface area contributed by atoms with Gasteiger partial charge in [0.1, 0.15) is 6.04 Å². The number of hydrogen-bond acceptors (Lipinski definition) is 4. The molecule has 2 aliphatic rings. The lowest BCUT2D eigenvalue weighted by Crippen LogP contribution is -2.59. The Labute approximate surface area is 107 Å². The van der Waals surface area contributed by atoms with Gasteiger partial charge in [0.2, 0.25) is 11.8 Å². The number of ether oxygens (including phenoxy) is 1. The van der Waals surface area contributed by atoms with Crippen molar-refractivity contribution in [2.24, 2.45) is 11.1 Å². The largest absolute Gasteiger partial charge is 0.377 e. The molecule has 0 radical (unpaired) electrons. The number of rotatable bonds is 2. The van der Waals surface area contributed by atoms with Gasteiger partial charge in [0, 0.05) is 12.0 Å². The maximum Gasteiger partial charge on any atom is 0.242 e. The number of amides is 2. The summed E-state index contributed by atoms with van der Waals surface area (Å²) < 4.78 is 5.24. The molecule has 6 nitrogen and oxygen atoms in total. The number of nitrogens with zero attached hydrogens (tertiary/aromatic N) is 1. The zero-order valence-electron chi connectivity index (χ0n) is 10.8. The number of morpholine rings is 1. The Hall–Kier alpha value is -1.14. The number of carbonyl (C=O) groups excluding carboxylic acids is 2. The van der Waals surface area contributed by atoms with Crippen LogP contribution in [-0.2, 0) is 14.3 Å². The van der Waals surface area contributed by atoms with E-state index < -0.39 is 11.9 Å². The smallest absolute Gasteiger partial charge is 0.242 e. The molecule has 2 heterocycles. The highest BCUT2D eigenvalue weighted by atomic mass is 16.5. The standard InChI is InChI=1S/C12H21N3O3/c1-12(2-4-14-5-3-12)11(17)15-6-7-18-8-9(15)10(13)16/h9,14H,2-8H2,1H3,(H2,13,16). The van der Waals surface area contributed by atoms with E-state index in [-0.39, 0.29) is 17.9 Å². The molecule has 6 heteroatoms. The van der Waals surface area contributed by atoms with Crippen LogP contribution >= 0.6 is 0 Å². The molecule has 2 aliphatic heterocycles. The first-order chi connectivity index (χ1) is 8.54. The Morgan fingerprint density at radius 1 is 1.39 bits per heavy atom. The molecule has 2 fully saturated rings. The zero-order valence-corrected chi connectivity index (χ0v) is 10.8. The summed E-state index contributed by atoms with van der Waals surface area (Å²) in [5, 5.41) is 3.24. The molecular formula is C12H21N3O3. The van der Waals surface area contributed by atoms with Crippen LogP contribution in [0.15, 0.2) is 0 Å². The molecule has 18 heavy (non-hydrogen) atoms. The Morgan fingerprint density at radius 3 is 2.67 bits per heavy atom. The summed E-state index contributed by atoms with van der Waals surface area (Å²) in [7, 11) is 0. The average molecular weight is 255 g/mol. The first-order valence-corrected chi connectivity index (χ1v) is 6.43. The third-order valence-corrected chi connectivity index (χ3v) is 3.94. The minimum Gasteiger partial charge on any atom is -0.377 e. The highest BCUT2D eigenvalue weighted by Crippen LogP contribution is 2.31. The van der Waals surface area contributed by atoms with Crippen molar-refractivity contribution < 1.29 is 14.3 Å². The molecule has 0 bridgehead atoms. The molecule has 1 atom stereocenters. The highest BCUT2D eigenvalue weighted by molar-refractivity contribution is 5.89. The van der Waals surface area contributed by atoms with Crippen LogP contribution in [0.4, 0.5) is 0 Å². The van der Waals surface area contributed by atoms with Gasteiger partial charge in [-0.1, -0.05) is 6.92 Å². The Bertz CT molecular complexity index is 339. The highest BCUT2D eigenvalue weighted by Gasteiger charge is 2.42. The van der Waals surface area contributed by atoms with Crippen LogP contribution in [0.5, 0.6) is 0 Å². The van der Waals surface area contributed by atoms with Crippen molar-refractivity contribution in [1.29, 1.82) is 0 Å². The van der Waals surface area contributed by atoms with E-state index in [1.54, 1.807) is 4.90 Å². The first kappa shape index (κ1) is 13.3. The normalized spacial score (nSPS) is 27.8. The van der Waals surface area contributed by atoms with Crippen molar-refractivity contribution in [2.75, 3.05) is 32.8 Å². The van der Waals surface area contributed by atoms with Crippen LogP contribution in [-0.4, -0.2) is 55.6 Å². The van der Waals surface area contributed by atoms with Crippen molar-refractivity contribution in [3.05, 3.63) is 0 Å². The maximum atomic E-state index is 12.6. The summed E-state index contributed by atoms with van der Waals surface area (Å²) in [5.41, 5.74) is 4.96. The van der Waals surface area contributed by atoms with E-state index in [0.717, 1.165) is 25.9 Å². The van der Waals surface area contributed by atoms with Gasteiger partial charge >= 0.3 is 0 Å². The Morgan fingerprint density at radius 2 is 2.06 bits per heavy atom. The number of carbonyl (C=O) groups is 2. The molecule has 0 aromatic rings. The van der Waals surface area contributed by atoms with Gasteiger partial charge < -0.3 is 20.7 Å². The predicted molar refractivity (Wildman–Crippen MR) is 65.7 cm³/mol. The van der Waals surface area contributed by atoms with E-state index in [0.29, 0.717) is 13.2 Å². The summed E-state index contributed by atoms with van der Waals surface area (Å²) >= 11 is 0. The second-order valence-corrected chi connectivity index (χ2v) is 5.30. The second-order valence-electron chi connectivity index (χ2n) is 5.30. The van der Waals surface area contributed by atoms with E-state index >= 15 is 0 Å². The second kappa shape index (κ2) is 5.24. The van der Waals surface area contributed by atoms with Crippen LogP contribution in [0.1, 0.15) is 19.8 Å². The quantitative estimate of drug-likeness (QED) is 0.669. The van der Waals surface area contributed by atoms with Gasteiger partial charge in [-0.05, 0) is 25.9 Å². The number of nitrogens with one attached hydrogen (secondary N) is 1. The van der Waals surface area contributed by atoms with Gasteiger partial charge in [-0.3, -0.25) is 9.59 Å². The molecule has 0 aromatic heterocycles. The lowest BCUT2D eigenvalue weighted by molar-refractivity contribution is -0.156. The minimum atomic E-state index is -0.613. The van der Waals surface area contributed by atoms with Crippen LogP contribution in [0, 0.1) is 5.41 Å². The molecule has 2 saturated heterocycles. The van der Waals surface area contributed by atoms with Crippen molar-refractivity contribution >= 4 is 11.8 Å². The molecule has 3 N–H and O–H groups in total. The van der Waals surface area contributed by atoms with Crippen molar-refractivity contribution in [1.82, 2.24) is 10.2 Å². The maximum absolute atomic E-state index is 12.6. The van der Waals surface area contributed by atoms with E-state index in [4.69, 9.17) is 10.5 Å². The Balaban J connectivity index is 2.12.